The second-order valence-electron chi connectivity index (χ2n) is 4.72. The van der Waals surface area contributed by atoms with Crippen LogP contribution in [0.5, 0.6) is 0 Å². The van der Waals surface area contributed by atoms with Gasteiger partial charge < -0.3 is 10.4 Å². The van der Waals surface area contributed by atoms with Crippen LogP contribution in [-0.2, 0) is 0 Å². The molecular weight excluding hydrogens is 230 g/mol. The third-order valence-corrected chi connectivity index (χ3v) is 2.84. The Balaban J connectivity index is 2.59. The molecule has 100 valence electrons. The van der Waals surface area contributed by atoms with E-state index in [2.05, 4.69) is 15.6 Å². The minimum atomic E-state index is -0.305. The summed E-state index contributed by atoms with van der Waals surface area (Å²) in [4.78, 5) is 15.9. The van der Waals surface area contributed by atoms with Crippen LogP contribution in [0.4, 0.5) is 10.6 Å². The minimum absolute atomic E-state index is 0.0166. The van der Waals surface area contributed by atoms with E-state index in [1.54, 1.807) is 0 Å². The largest absolute Gasteiger partial charge is 0.396 e. The maximum atomic E-state index is 11.7. The van der Waals surface area contributed by atoms with Gasteiger partial charge >= 0.3 is 6.03 Å². The van der Waals surface area contributed by atoms with E-state index in [4.69, 9.17) is 5.11 Å². The summed E-state index contributed by atoms with van der Waals surface area (Å²) in [5, 5.41) is 14.5. The zero-order valence-corrected chi connectivity index (χ0v) is 11.3. The molecule has 0 aliphatic rings. The summed E-state index contributed by atoms with van der Waals surface area (Å²) in [6, 6.07) is 3.35. The zero-order chi connectivity index (χ0) is 13.7. The van der Waals surface area contributed by atoms with Crippen LogP contribution in [-0.4, -0.2) is 28.8 Å². The molecule has 0 fully saturated rings. The van der Waals surface area contributed by atoms with Crippen molar-refractivity contribution in [2.45, 2.75) is 33.7 Å². The molecule has 0 unspecified atom stereocenters. The number of amides is 2. The Morgan fingerprint density at radius 2 is 2.06 bits per heavy atom. The normalized spacial score (nSPS) is 13.8. The van der Waals surface area contributed by atoms with Crippen molar-refractivity contribution in [3.05, 3.63) is 23.4 Å². The van der Waals surface area contributed by atoms with Gasteiger partial charge in [-0.05, 0) is 44.4 Å². The quantitative estimate of drug-likeness (QED) is 0.764. The van der Waals surface area contributed by atoms with E-state index in [1.807, 2.05) is 39.8 Å². The van der Waals surface area contributed by atoms with Crippen LogP contribution in [0, 0.1) is 19.8 Å². The predicted molar refractivity (Wildman–Crippen MR) is 71.6 cm³/mol. The average Bonchev–Trinajstić information content (AvgIpc) is 2.25. The van der Waals surface area contributed by atoms with Gasteiger partial charge in [-0.2, -0.15) is 0 Å². The Labute approximate surface area is 108 Å². The van der Waals surface area contributed by atoms with Crippen molar-refractivity contribution in [1.29, 1.82) is 0 Å². The number of aromatic nitrogens is 1. The Hall–Kier alpha value is -1.62. The molecule has 5 heteroatoms. The summed E-state index contributed by atoms with van der Waals surface area (Å²) in [5.74, 6) is 0.553. The van der Waals surface area contributed by atoms with Gasteiger partial charge in [-0.3, -0.25) is 5.32 Å². The van der Waals surface area contributed by atoms with Gasteiger partial charge in [0.2, 0.25) is 0 Å². The van der Waals surface area contributed by atoms with Crippen molar-refractivity contribution in [1.82, 2.24) is 10.3 Å². The number of carbonyl (C=O) groups excluding carboxylic acids is 1. The van der Waals surface area contributed by atoms with E-state index in [-0.39, 0.29) is 24.6 Å². The number of hydrogen-bond donors (Lipinski definition) is 3. The molecule has 1 heterocycles. The summed E-state index contributed by atoms with van der Waals surface area (Å²) in [5.41, 5.74) is 1.91. The molecule has 0 radical (unpaired) electrons. The van der Waals surface area contributed by atoms with Gasteiger partial charge in [0.1, 0.15) is 5.82 Å². The fourth-order valence-corrected chi connectivity index (χ4v) is 1.56. The third kappa shape index (κ3) is 4.33. The van der Waals surface area contributed by atoms with Crippen LogP contribution in [0.3, 0.4) is 0 Å². The molecule has 0 saturated heterocycles. The van der Waals surface area contributed by atoms with Crippen molar-refractivity contribution in [3.8, 4) is 0 Å². The van der Waals surface area contributed by atoms with Crippen LogP contribution >= 0.6 is 0 Å². The van der Waals surface area contributed by atoms with Gasteiger partial charge in [-0.1, -0.05) is 6.92 Å². The number of anilines is 1. The van der Waals surface area contributed by atoms with E-state index in [0.717, 1.165) is 11.3 Å². The summed E-state index contributed by atoms with van der Waals surface area (Å²) in [6.45, 7) is 7.61. The highest BCUT2D eigenvalue weighted by molar-refractivity contribution is 5.88. The van der Waals surface area contributed by atoms with Gasteiger partial charge in [0, 0.05) is 18.3 Å². The molecule has 1 aromatic rings. The Morgan fingerprint density at radius 1 is 1.39 bits per heavy atom. The fraction of sp³-hybridized carbons (Fsp3) is 0.538. The van der Waals surface area contributed by atoms with E-state index < -0.39 is 0 Å². The summed E-state index contributed by atoms with van der Waals surface area (Å²) < 4.78 is 0. The highest BCUT2D eigenvalue weighted by Gasteiger charge is 2.14. The number of hydrogen-bond acceptors (Lipinski definition) is 3. The van der Waals surface area contributed by atoms with E-state index in [0.29, 0.717) is 5.82 Å². The van der Waals surface area contributed by atoms with E-state index >= 15 is 0 Å². The number of aliphatic hydroxyl groups excluding tert-OH is 1. The highest BCUT2D eigenvalue weighted by atomic mass is 16.3. The standard InChI is InChI=1S/C13H21N3O2/c1-8-5-10(3)14-12(6-8)16-13(18)15-11(4)9(2)7-17/h5-6,9,11,17H,7H2,1-4H3,(H2,14,15,16,18)/t9-,11+/m0/s1. The molecule has 2 atom stereocenters. The van der Waals surface area contributed by atoms with E-state index in [9.17, 15) is 4.79 Å². The van der Waals surface area contributed by atoms with Crippen molar-refractivity contribution in [2.24, 2.45) is 5.92 Å². The molecular formula is C13H21N3O2. The van der Waals surface area contributed by atoms with Crippen molar-refractivity contribution in [2.75, 3.05) is 11.9 Å². The average molecular weight is 251 g/mol. The highest BCUT2D eigenvalue weighted by Crippen LogP contribution is 2.09. The van der Waals surface area contributed by atoms with Crippen molar-refractivity contribution < 1.29 is 9.90 Å². The number of aryl methyl sites for hydroxylation is 2. The van der Waals surface area contributed by atoms with Crippen LogP contribution < -0.4 is 10.6 Å². The molecule has 1 aromatic heterocycles. The van der Waals surface area contributed by atoms with Gasteiger partial charge in [0.05, 0.1) is 0 Å². The van der Waals surface area contributed by atoms with Crippen LogP contribution in [0.15, 0.2) is 12.1 Å². The topological polar surface area (TPSA) is 74.2 Å². The lowest BCUT2D eigenvalue weighted by atomic mass is 10.1. The minimum Gasteiger partial charge on any atom is -0.396 e. The number of urea groups is 1. The van der Waals surface area contributed by atoms with Gasteiger partial charge in [-0.15, -0.1) is 0 Å². The first-order valence-electron chi connectivity index (χ1n) is 6.06. The molecule has 5 nitrogen and oxygen atoms in total. The smallest absolute Gasteiger partial charge is 0.320 e. The number of nitrogens with zero attached hydrogens (tertiary/aromatic N) is 1. The number of nitrogens with one attached hydrogen (secondary N) is 2. The monoisotopic (exact) mass is 251 g/mol. The number of rotatable bonds is 4. The first-order chi connectivity index (χ1) is 8.42. The van der Waals surface area contributed by atoms with E-state index in [1.165, 1.54) is 0 Å². The number of pyridine rings is 1. The molecule has 0 aliphatic heterocycles. The Kier molecular flexibility index (Phi) is 5.09. The van der Waals surface area contributed by atoms with Crippen LogP contribution in [0.25, 0.3) is 0 Å². The third-order valence-electron chi connectivity index (χ3n) is 2.84. The first-order valence-corrected chi connectivity index (χ1v) is 6.06. The first kappa shape index (κ1) is 14.4. The summed E-state index contributed by atoms with van der Waals surface area (Å²) in [6.07, 6.45) is 0. The number of aliphatic hydroxyl groups is 1. The van der Waals surface area contributed by atoms with Crippen molar-refractivity contribution in [3.63, 3.8) is 0 Å². The molecule has 18 heavy (non-hydrogen) atoms. The van der Waals surface area contributed by atoms with Crippen molar-refractivity contribution >= 4 is 11.8 Å². The molecule has 0 spiro atoms. The van der Waals surface area contributed by atoms with Gasteiger partial charge in [0.15, 0.2) is 0 Å². The molecule has 2 amide bonds. The number of carbonyl (C=O) groups is 1. The molecule has 0 bridgehead atoms. The molecule has 3 N–H and O–H groups in total. The Bertz CT molecular complexity index is 400. The molecule has 0 aliphatic carbocycles. The zero-order valence-electron chi connectivity index (χ0n) is 11.3. The maximum absolute atomic E-state index is 11.7. The summed E-state index contributed by atoms with van der Waals surface area (Å²) >= 11 is 0. The molecule has 1 rings (SSSR count). The lowest BCUT2D eigenvalue weighted by molar-refractivity contribution is 0.204. The fourth-order valence-electron chi connectivity index (χ4n) is 1.56. The Morgan fingerprint density at radius 3 is 2.61 bits per heavy atom. The molecule has 0 saturated carbocycles. The summed E-state index contributed by atoms with van der Waals surface area (Å²) in [7, 11) is 0. The second kappa shape index (κ2) is 6.35. The van der Waals surface area contributed by atoms with Crippen LogP contribution in [0.2, 0.25) is 0 Å². The maximum Gasteiger partial charge on any atom is 0.320 e. The van der Waals surface area contributed by atoms with Gasteiger partial charge in [-0.25, -0.2) is 9.78 Å². The predicted octanol–water partition coefficient (Wildman–Crippen LogP) is 1.84. The SMILES string of the molecule is Cc1cc(C)nc(NC(=O)N[C@H](C)[C@@H](C)CO)c1. The van der Waals surface area contributed by atoms with Crippen LogP contribution in [0.1, 0.15) is 25.1 Å². The lowest BCUT2D eigenvalue weighted by Crippen LogP contribution is -2.41. The molecule has 0 aromatic carbocycles. The second-order valence-corrected chi connectivity index (χ2v) is 4.72. The lowest BCUT2D eigenvalue weighted by Gasteiger charge is -2.19. The van der Waals surface area contributed by atoms with Gasteiger partial charge in [0.25, 0.3) is 0 Å².